The minimum absolute atomic E-state index is 0.0842. The van der Waals surface area contributed by atoms with Crippen LogP contribution >= 0.6 is 0 Å². The number of nitro benzene ring substituents is 1. The van der Waals surface area contributed by atoms with E-state index in [1.54, 1.807) is 12.1 Å². The van der Waals surface area contributed by atoms with Crippen LogP contribution in [0.1, 0.15) is 38.2 Å². The molecule has 0 aliphatic heterocycles. The number of anilines is 1. The summed E-state index contributed by atoms with van der Waals surface area (Å²) in [6.07, 6.45) is 3.60. The fraction of sp³-hybridized carbons (Fsp3) is 0.533. The number of hydrogen-bond donors (Lipinski definition) is 1. The number of nitrogens with one attached hydrogen (secondary N) is 1. The average Bonchev–Trinajstić information content (AvgIpc) is 2.54. The van der Waals surface area contributed by atoms with E-state index in [0.717, 1.165) is 25.7 Å². The lowest BCUT2D eigenvalue weighted by molar-refractivity contribution is -0.384. The molecular weight excluding hydrogens is 302 g/mol. The minimum atomic E-state index is -0.828. The van der Waals surface area contributed by atoms with Gasteiger partial charge in [-0.05, 0) is 31.4 Å². The molecule has 1 fully saturated rings. The van der Waals surface area contributed by atoms with Gasteiger partial charge in [0, 0.05) is 33.9 Å². The largest absolute Gasteiger partial charge is 0.377 e. The van der Waals surface area contributed by atoms with E-state index in [9.17, 15) is 14.3 Å². The summed E-state index contributed by atoms with van der Waals surface area (Å²) in [5.41, 5.74) is 0.612. The molecular formula is C15H19N3O3S. The van der Waals surface area contributed by atoms with E-state index in [2.05, 4.69) is 5.32 Å². The molecule has 0 bridgehead atoms. The Morgan fingerprint density at radius 3 is 2.91 bits per heavy atom. The average molecular weight is 321 g/mol. The van der Waals surface area contributed by atoms with Crippen LogP contribution in [0.25, 0.3) is 0 Å². The van der Waals surface area contributed by atoms with Crippen molar-refractivity contribution in [2.24, 2.45) is 0 Å². The molecule has 0 radical (unpaired) electrons. The molecule has 3 atom stereocenters. The van der Waals surface area contributed by atoms with Crippen LogP contribution < -0.4 is 5.32 Å². The lowest BCUT2D eigenvalue weighted by atomic mass is 9.94. The Balaban J connectivity index is 2.15. The molecule has 1 aliphatic rings. The van der Waals surface area contributed by atoms with Crippen molar-refractivity contribution in [2.45, 2.75) is 43.9 Å². The fourth-order valence-corrected chi connectivity index (χ4v) is 4.19. The summed E-state index contributed by atoms with van der Waals surface area (Å²) < 4.78 is 12.0. The highest BCUT2D eigenvalue weighted by atomic mass is 32.2. The summed E-state index contributed by atoms with van der Waals surface area (Å²) in [4.78, 5) is 10.7. The second-order valence-electron chi connectivity index (χ2n) is 5.40. The lowest BCUT2D eigenvalue weighted by Crippen LogP contribution is -2.33. The first-order chi connectivity index (χ1) is 10.5. The van der Waals surface area contributed by atoms with Crippen molar-refractivity contribution in [1.82, 2.24) is 0 Å². The van der Waals surface area contributed by atoms with E-state index < -0.39 is 15.7 Å². The first-order valence-corrected chi connectivity index (χ1v) is 8.75. The molecule has 6 nitrogen and oxygen atoms in total. The number of hydrogen-bond acceptors (Lipinski definition) is 5. The van der Waals surface area contributed by atoms with Crippen molar-refractivity contribution in [3.05, 3.63) is 33.9 Å². The summed E-state index contributed by atoms with van der Waals surface area (Å²) in [7, 11) is -0.828. The van der Waals surface area contributed by atoms with Gasteiger partial charge in [-0.3, -0.25) is 14.3 Å². The third-order valence-electron chi connectivity index (χ3n) is 3.97. The van der Waals surface area contributed by atoms with Gasteiger partial charge in [0.05, 0.1) is 16.6 Å². The molecule has 118 valence electrons. The van der Waals surface area contributed by atoms with Crippen molar-refractivity contribution >= 4 is 22.2 Å². The van der Waals surface area contributed by atoms with Gasteiger partial charge in [-0.15, -0.1) is 0 Å². The summed E-state index contributed by atoms with van der Waals surface area (Å²) in [5.74, 6) is 0.647. The van der Waals surface area contributed by atoms with Crippen LogP contribution in [0.3, 0.4) is 0 Å². The van der Waals surface area contributed by atoms with Crippen molar-refractivity contribution in [2.75, 3.05) is 11.1 Å². The smallest absolute Gasteiger partial charge is 0.293 e. The number of benzene rings is 1. The molecule has 0 amide bonds. The predicted octanol–water partition coefficient (Wildman–Crippen LogP) is 2.96. The van der Waals surface area contributed by atoms with Crippen molar-refractivity contribution in [3.63, 3.8) is 0 Å². The Labute approximate surface area is 132 Å². The summed E-state index contributed by atoms with van der Waals surface area (Å²) in [5, 5.41) is 23.4. The normalized spacial score (nSPS) is 22.5. The quantitative estimate of drug-likeness (QED) is 0.664. The Kier molecular flexibility index (Phi) is 5.50. The van der Waals surface area contributed by atoms with Gasteiger partial charge < -0.3 is 5.32 Å². The highest BCUT2D eigenvalue weighted by Crippen LogP contribution is 2.30. The SMILES string of the molecule is CC[S@](=O)[C@@H]1CCC[C@@H](Nc2ccc(C#N)cc2[N+](=O)[O-])C1. The topological polar surface area (TPSA) is 96.0 Å². The first kappa shape index (κ1) is 16.4. The highest BCUT2D eigenvalue weighted by molar-refractivity contribution is 7.85. The van der Waals surface area contributed by atoms with Crippen LogP contribution in [0.4, 0.5) is 11.4 Å². The summed E-state index contributed by atoms with van der Waals surface area (Å²) in [6, 6.07) is 6.43. The van der Waals surface area contributed by atoms with Gasteiger partial charge in [-0.1, -0.05) is 13.3 Å². The molecule has 2 rings (SSSR count). The third kappa shape index (κ3) is 3.83. The molecule has 1 aromatic carbocycles. The Morgan fingerprint density at radius 2 is 2.27 bits per heavy atom. The van der Waals surface area contributed by atoms with E-state index in [0.29, 0.717) is 11.4 Å². The maximum atomic E-state index is 12.0. The van der Waals surface area contributed by atoms with Crippen LogP contribution in [-0.2, 0) is 10.8 Å². The second kappa shape index (κ2) is 7.36. The predicted molar refractivity (Wildman–Crippen MR) is 86.2 cm³/mol. The molecule has 1 aliphatic carbocycles. The van der Waals surface area contributed by atoms with E-state index in [1.165, 1.54) is 6.07 Å². The van der Waals surface area contributed by atoms with E-state index in [-0.39, 0.29) is 22.5 Å². The maximum absolute atomic E-state index is 12.0. The van der Waals surface area contributed by atoms with Crippen molar-refractivity contribution in [1.29, 1.82) is 5.26 Å². The molecule has 22 heavy (non-hydrogen) atoms. The van der Waals surface area contributed by atoms with Crippen molar-refractivity contribution < 1.29 is 9.13 Å². The van der Waals surface area contributed by atoms with Crippen molar-refractivity contribution in [3.8, 4) is 6.07 Å². The van der Waals surface area contributed by atoms with Gasteiger partial charge in [-0.2, -0.15) is 5.26 Å². The van der Waals surface area contributed by atoms with Crippen LogP contribution in [0.2, 0.25) is 0 Å². The Morgan fingerprint density at radius 1 is 1.50 bits per heavy atom. The number of nitrogens with zero attached hydrogens (tertiary/aromatic N) is 2. The van der Waals surface area contributed by atoms with E-state index >= 15 is 0 Å². The van der Waals surface area contributed by atoms with Gasteiger partial charge in [0.1, 0.15) is 5.69 Å². The number of rotatable bonds is 5. The summed E-state index contributed by atoms with van der Waals surface area (Å²) >= 11 is 0. The molecule has 0 saturated heterocycles. The van der Waals surface area contributed by atoms with Gasteiger partial charge in [-0.25, -0.2) is 0 Å². The van der Waals surface area contributed by atoms with Gasteiger partial charge >= 0.3 is 0 Å². The monoisotopic (exact) mass is 321 g/mol. The third-order valence-corrected chi connectivity index (χ3v) is 5.71. The second-order valence-corrected chi connectivity index (χ2v) is 7.41. The van der Waals surface area contributed by atoms with Crippen LogP contribution in [0.15, 0.2) is 18.2 Å². The zero-order valence-electron chi connectivity index (χ0n) is 12.4. The lowest BCUT2D eigenvalue weighted by Gasteiger charge is -2.29. The van der Waals surface area contributed by atoms with E-state index in [4.69, 9.17) is 5.26 Å². The van der Waals surface area contributed by atoms with Gasteiger partial charge in [0.25, 0.3) is 5.69 Å². The molecule has 0 unspecified atom stereocenters. The molecule has 1 aromatic rings. The zero-order chi connectivity index (χ0) is 16.1. The van der Waals surface area contributed by atoms with Gasteiger partial charge in [0.2, 0.25) is 0 Å². The van der Waals surface area contributed by atoms with Crippen LogP contribution in [0.5, 0.6) is 0 Å². The molecule has 1 saturated carbocycles. The fourth-order valence-electron chi connectivity index (χ4n) is 2.84. The van der Waals surface area contributed by atoms with E-state index in [1.807, 2.05) is 13.0 Å². The van der Waals surface area contributed by atoms with Crippen LogP contribution in [-0.4, -0.2) is 26.2 Å². The maximum Gasteiger partial charge on any atom is 0.293 e. The Bertz CT molecular complexity index is 627. The van der Waals surface area contributed by atoms with Gasteiger partial charge in [0.15, 0.2) is 0 Å². The summed E-state index contributed by atoms with van der Waals surface area (Å²) in [6.45, 7) is 1.92. The standard InChI is InChI=1S/C15H19N3O3S/c1-2-22(21)13-5-3-4-12(9-13)17-14-7-6-11(10-16)8-15(14)18(19)20/h6-8,12-13,17H,2-5,9H2,1H3/t12-,13-,22+/m1/s1. The first-order valence-electron chi connectivity index (χ1n) is 7.37. The minimum Gasteiger partial charge on any atom is -0.377 e. The Hall–Kier alpha value is -1.94. The molecule has 0 heterocycles. The molecule has 0 spiro atoms. The number of nitro groups is 1. The molecule has 0 aromatic heterocycles. The zero-order valence-corrected chi connectivity index (χ0v) is 13.3. The molecule has 1 N–H and O–H groups in total. The highest BCUT2D eigenvalue weighted by Gasteiger charge is 2.27. The number of nitriles is 1. The van der Waals surface area contributed by atoms with Crippen LogP contribution in [0, 0.1) is 21.4 Å². The molecule has 7 heteroatoms.